The molecule has 1 saturated heterocycles. The van der Waals surface area contributed by atoms with Crippen LogP contribution in [0.3, 0.4) is 0 Å². The normalized spacial score (nSPS) is 15.3. The number of aromatic nitrogens is 3. The lowest BCUT2D eigenvalue weighted by molar-refractivity contribution is -0.134. The first-order valence-electron chi connectivity index (χ1n) is 9.18. The number of hydrogen-bond donors (Lipinski definition) is 1. The van der Waals surface area contributed by atoms with E-state index < -0.39 is 5.25 Å². The van der Waals surface area contributed by atoms with Crippen molar-refractivity contribution < 1.29 is 9.53 Å². The van der Waals surface area contributed by atoms with Gasteiger partial charge in [0, 0.05) is 23.7 Å². The number of benzene rings is 2. The van der Waals surface area contributed by atoms with Crippen LogP contribution in [0, 0.1) is 0 Å². The number of nitrogen functional groups attached to an aromatic ring is 1. The molecule has 7 nitrogen and oxygen atoms in total. The third-order valence-corrected chi connectivity index (χ3v) is 6.05. The van der Waals surface area contributed by atoms with Crippen LogP contribution in [0.25, 0.3) is 11.4 Å². The first-order valence-corrected chi connectivity index (χ1v) is 10.4. The number of ether oxygens (including phenoxy) is 1. The molecule has 2 aromatic carbocycles. The van der Waals surface area contributed by atoms with Crippen molar-refractivity contribution in [3.63, 3.8) is 0 Å². The van der Waals surface area contributed by atoms with Crippen LogP contribution < -0.4 is 5.84 Å². The maximum Gasteiger partial charge on any atom is 0.240 e. The lowest BCUT2D eigenvalue weighted by atomic mass is 10.1. The molecule has 0 spiro atoms. The molecule has 2 heterocycles. The number of rotatable bonds is 5. The molecule has 3 aromatic rings. The van der Waals surface area contributed by atoms with Crippen molar-refractivity contribution in [2.24, 2.45) is 0 Å². The maximum atomic E-state index is 13.3. The maximum absolute atomic E-state index is 13.3. The first kappa shape index (κ1) is 19.8. The number of carbonyl (C=O) groups is 1. The molecule has 0 radical (unpaired) electrons. The smallest absolute Gasteiger partial charge is 0.240 e. The lowest BCUT2D eigenvalue weighted by Gasteiger charge is -2.30. The summed E-state index contributed by atoms with van der Waals surface area (Å²) in [5.41, 5.74) is 1.65. The quantitative estimate of drug-likeness (QED) is 0.495. The molecule has 1 aromatic heterocycles. The van der Waals surface area contributed by atoms with Crippen molar-refractivity contribution in [1.29, 1.82) is 0 Å². The van der Waals surface area contributed by atoms with Crippen LogP contribution in [0.5, 0.6) is 0 Å². The highest BCUT2D eigenvalue weighted by Crippen LogP contribution is 2.36. The van der Waals surface area contributed by atoms with Crippen LogP contribution in [-0.4, -0.2) is 52.0 Å². The van der Waals surface area contributed by atoms with Gasteiger partial charge >= 0.3 is 0 Å². The van der Waals surface area contributed by atoms with Crippen LogP contribution in [-0.2, 0) is 9.53 Å². The van der Waals surface area contributed by atoms with E-state index in [2.05, 4.69) is 10.2 Å². The number of nitrogens with two attached hydrogens (primary N) is 1. The molecular weight excluding hydrogens is 410 g/mol. The van der Waals surface area contributed by atoms with E-state index in [0.29, 0.717) is 42.3 Å². The average Bonchev–Trinajstić information content (AvgIpc) is 3.13. The fraction of sp³-hybridized carbons (Fsp3) is 0.250. The van der Waals surface area contributed by atoms with Gasteiger partial charge in [-0.25, -0.2) is 4.68 Å². The number of thioether (sulfide) groups is 1. The van der Waals surface area contributed by atoms with Gasteiger partial charge in [-0.05, 0) is 17.7 Å². The zero-order valence-electron chi connectivity index (χ0n) is 15.6. The Balaban J connectivity index is 1.64. The van der Waals surface area contributed by atoms with E-state index in [0.717, 1.165) is 11.1 Å². The molecule has 1 amide bonds. The first-order chi connectivity index (χ1) is 14.1. The van der Waals surface area contributed by atoms with E-state index in [1.165, 1.54) is 16.4 Å². The van der Waals surface area contributed by atoms with Gasteiger partial charge in [0.15, 0.2) is 5.82 Å². The predicted octanol–water partition coefficient (Wildman–Crippen LogP) is 3.00. The van der Waals surface area contributed by atoms with Gasteiger partial charge in [0.25, 0.3) is 0 Å². The summed E-state index contributed by atoms with van der Waals surface area (Å²) in [6.45, 7) is 2.24. The predicted molar refractivity (Wildman–Crippen MR) is 113 cm³/mol. The van der Waals surface area contributed by atoms with Gasteiger partial charge in [-0.3, -0.25) is 4.79 Å². The van der Waals surface area contributed by atoms with Crippen molar-refractivity contribution in [3.05, 3.63) is 65.2 Å². The number of amides is 1. The van der Waals surface area contributed by atoms with E-state index in [1.54, 1.807) is 12.1 Å². The highest BCUT2D eigenvalue weighted by atomic mass is 35.5. The van der Waals surface area contributed by atoms with E-state index in [9.17, 15) is 4.79 Å². The van der Waals surface area contributed by atoms with Gasteiger partial charge in [0.1, 0.15) is 5.25 Å². The molecular formula is C20H20ClN5O2S. The summed E-state index contributed by atoms with van der Waals surface area (Å²) in [5.74, 6) is 6.77. The van der Waals surface area contributed by atoms with Gasteiger partial charge in [0.05, 0.1) is 13.2 Å². The zero-order chi connectivity index (χ0) is 20.2. The van der Waals surface area contributed by atoms with E-state index in [4.69, 9.17) is 22.2 Å². The summed E-state index contributed by atoms with van der Waals surface area (Å²) in [7, 11) is 0. The summed E-state index contributed by atoms with van der Waals surface area (Å²) in [6.07, 6.45) is 0. The third-order valence-electron chi connectivity index (χ3n) is 4.62. The highest BCUT2D eigenvalue weighted by Gasteiger charge is 2.30. The highest BCUT2D eigenvalue weighted by molar-refractivity contribution is 8.00. The van der Waals surface area contributed by atoms with Gasteiger partial charge in [-0.15, -0.1) is 10.2 Å². The SMILES string of the molecule is Nn1c(S[C@H](C(=O)N2CCOCC2)c2ccccc2)nnc1-c1cccc(Cl)c1. The van der Waals surface area contributed by atoms with Crippen LogP contribution in [0.15, 0.2) is 59.8 Å². The molecule has 1 fully saturated rings. The average molecular weight is 430 g/mol. The molecule has 1 atom stereocenters. The molecule has 9 heteroatoms. The van der Waals surface area contributed by atoms with Gasteiger partial charge < -0.3 is 15.5 Å². The fourth-order valence-corrected chi connectivity index (χ4v) is 4.36. The lowest BCUT2D eigenvalue weighted by Crippen LogP contribution is -2.42. The second kappa shape index (κ2) is 8.86. The number of morpholine rings is 1. The van der Waals surface area contributed by atoms with Gasteiger partial charge in [0.2, 0.25) is 11.1 Å². The van der Waals surface area contributed by atoms with Crippen LogP contribution in [0.4, 0.5) is 0 Å². The Morgan fingerprint density at radius 3 is 2.59 bits per heavy atom. The third kappa shape index (κ3) is 4.39. The Labute approximate surface area is 177 Å². The second-order valence-corrected chi connectivity index (χ2v) is 8.04. The van der Waals surface area contributed by atoms with E-state index in [-0.39, 0.29) is 5.91 Å². The fourth-order valence-electron chi connectivity index (χ4n) is 3.13. The molecule has 0 bridgehead atoms. The second-order valence-electron chi connectivity index (χ2n) is 6.53. The minimum Gasteiger partial charge on any atom is -0.378 e. The van der Waals surface area contributed by atoms with Crippen LogP contribution in [0.1, 0.15) is 10.8 Å². The molecule has 1 aliphatic rings. The Kier molecular flexibility index (Phi) is 6.03. The van der Waals surface area contributed by atoms with Crippen molar-refractivity contribution in [1.82, 2.24) is 19.8 Å². The molecule has 1 aliphatic heterocycles. The largest absolute Gasteiger partial charge is 0.378 e. The van der Waals surface area contributed by atoms with Crippen molar-refractivity contribution in [3.8, 4) is 11.4 Å². The number of hydrogen-bond acceptors (Lipinski definition) is 6. The van der Waals surface area contributed by atoms with Gasteiger partial charge in [-0.1, -0.05) is 65.8 Å². The number of carbonyl (C=O) groups excluding carboxylic acids is 1. The van der Waals surface area contributed by atoms with Crippen molar-refractivity contribution >= 4 is 29.3 Å². The summed E-state index contributed by atoms with van der Waals surface area (Å²) >= 11 is 7.37. The summed E-state index contributed by atoms with van der Waals surface area (Å²) in [5, 5.41) is 9.00. The summed E-state index contributed by atoms with van der Waals surface area (Å²) in [4.78, 5) is 15.1. The van der Waals surface area contributed by atoms with Crippen molar-refractivity contribution in [2.75, 3.05) is 32.1 Å². The summed E-state index contributed by atoms with van der Waals surface area (Å²) in [6, 6.07) is 16.9. The molecule has 4 rings (SSSR count). The monoisotopic (exact) mass is 429 g/mol. The molecule has 29 heavy (non-hydrogen) atoms. The Bertz CT molecular complexity index is 992. The van der Waals surface area contributed by atoms with Crippen LogP contribution >= 0.6 is 23.4 Å². The summed E-state index contributed by atoms with van der Waals surface area (Å²) < 4.78 is 6.78. The van der Waals surface area contributed by atoms with Crippen LogP contribution in [0.2, 0.25) is 5.02 Å². The van der Waals surface area contributed by atoms with Crippen molar-refractivity contribution in [2.45, 2.75) is 10.4 Å². The molecule has 0 unspecified atom stereocenters. The molecule has 2 N–H and O–H groups in total. The Morgan fingerprint density at radius 2 is 1.86 bits per heavy atom. The molecule has 0 saturated carbocycles. The topological polar surface area (TPSA) is 86.3 Å². The Morgan fingerprint density at radius 1 is 1.10 bits per heavy atom. The molecule has 150 valence electrons. The standard InChI is InChI=1S/C20H20ClN5O2S/c21-16-8-4-7-15(13-16)18-23-24-20(26(18)22)29-17(14-5-2-1-3-6-14)19(27)25-9-11-28-12-10-25/h1-8,13,17H,9-12,22H2/t17-/m0/s1. The van der Waals surface area contributed by atoms with E-state index in [1.807, 2.05) is 47.4 Å². The van der Waals surface area contributed by atoms with Gasteiger partial charge in [-0.2, -0.15) is 0 Å². The zero-order valence-corrected chi connectivity index (χ0v) is 17.1. The van der Waals surface area contributed by atoms with E-state index >= 15 is 0 Å². The number of halogens is 1. The minimum atomic E-state index is -0.479. The Hall–Kier alpha value is -2.55. The minimum absolute atomic E-state index is 0.0109. The molecule has 0 aliphatic carbocycles. The number of nitrogens with zero attached hydrogens (tertiary/aromatic N) is 4.